The van der Waals surface area contributed by atoms with Gasteiger partial charge in [-0.25, -0.2) is 4.79 Å². The van der Waals surface area contributed by atoms with Gasteiger partial charge in [0.15, 0.2) is 0 Å². The third-order valence-corrected chi connectivity index (χ3v) is 6.23. The number of hydrogen-bond acceptors (Lipinski definition) is 4. The van der Waals surface area contributed by atoms with Gasteiger partial charge in [-0.1, -0.05) is 74.2 Å². The average Bonchev–Trinajstić information content (AvgIpc) is 2.87. The maximum absolute atomic E-state index is 14.5. The van der Waals surface area contributed by atoms with Crippen molar-refractivity contribution in [2.24, 2.45) is 0 Å². The summed E-state index contributed by atoms with van der Waals surface area (Å²) in [5.74, 6) is 1.94. The normalized spacial score (nSPS) is 12.9. The van der Waals surface area contributed by atoms with Gasteiger partial charge in [0.25, 0.3) is 0 Å². The van der Waals surface area contributed by atoms with Gasteiger partial charge in [0, 0.05) is 24.1 Å². The molecule has 0 fully saturated rings. The van der Waals surface area contributed by atoms with Crippen LogP contribution in [0.4, 0.5) is 4.79 Å². The number of amides is 3. The molecule has 0 spiro atoms. The van der Waals surface area contributed by atoms with Crippen LogP contribution in [0.3, 0.4) is 0 Å². The van der Waals surface area contributed by atoms with Crippen LogP contribution in [0.1, 0.15) is 90.5 Å². The molecule has 3 amide bonds. The number of unbranched alkanes of at least 4 members (excludes halogenated alkanes) is 2. The summed E-state index contributed by atoms with van der Waals surface area (Å²) in [5.41, 5.74) is 0.376. The van der Waals surface area contributed by atoms with Gasteiger partial charge >= 0.3 is 6.09 Å². The zero-order chi connectivity index (χ0) is 29.9. The quantitative estimate of drug-likeness (QED) is 0.276. The summed E-state index contributed by atoms with van der Waals surface area (Å²) < 4.78 is 5.50. The molecule has 2 rings (SSSR count). The van der Waals surface area contributed by atoms with E-state index in [1.54, 1.807) is 49.9 Å². The van der Waals surface area contributed by atoms with Crippen molar-refractivity contribution in [3.8, 4) is 12.3 Å². The second-order valence-corrected chi connectivity index (χ2v) is 11.9. The summed E-state index contributed by atoms with van der Waals surface area (Å²) in [6.45, 7) is 13.5. The number of alkyl carbamates (subject to hydrolysis) is 1. The van der Waals surface area contributed by atoms with Crippen LogP contribution in [0, 0.1) is 12.3 Å². The van der Waals surface area contributed by atoms with Crippen LogP contribution in [0.15, 0.2) is 54.6 Å². The average molecular weight is 548 g/mol. The predicted octanol–water partition coefficient (Wildman–Crippen LogP) is 5.78. The van der Waals surface area contributed by atoms with Crippen molar-refractivity contribution >= 4 is 17.9 Å². The minimum atomic E-state index is -1.01. The number of hydrogen-bond donors (Lipinski definition) is 2. The molecule has 2 unspecified atom stereocenters. The van der Waals surface area contributed by atoms with Gasteiger partial charge in [-0.05, 0) is 65.2 Å². The van der Waals surface area contributed by atoms with E-state index in [1.165, 1.54) is 0 Å². The van der Waals surface area contributed by atoms with Crippen LogP contribution >= 0.6 is 0 Å². The van der Waals surface area contributed by atoms with Crippen LogP contribution in [-0.2, 0) is 20.7 Å². The largest absolute Gasteiger partial charge is 0.444 e. The Morgan fingerprint density at radius 2 is 1.57 bits per heavy atom. The number of ether oxygens (including phenoxy) is 1. The monoisotopic (exact) mass is 547 g/mol. The van der Waals surface area contributed by atoms with Gasteiger partial charge in [-0.15, -0.1) is 6.42 Å². The minimum Gasteiger partial charge on any atom is -0.444 e. The van der Waals surface area contributed by atoms with Gasteiger partial charge in [0.05, 0.1) is 0 Å². The Balaban J connectivity index is 2.61. The molecule has 0 bridgehead atoms. The molecule has 2 N–H and O–H groups in total. The van der Waals surface area contributed by atoms with E-state index >= 15 is 0 Å². The highest BCUT2D eigenvalue weighted by molar-refractivity contribution is 5.93. The molecule has 7 heteroatoms. The smallest absolute Gasteiger partial charge is 0.408 e. The Bertz CT molecular complexity index is 1170. The molecular formula is C33H45N3O4. The number of carbonyl (C=O) groups excluding carboxylic acids is 3. The molecule has 2 aromatic rings. The van der Waals surface area contributed by atoms with Gasteiger partial charge in [-0.2, -0.15) is 0 Å². The molecular weight excluding hydrogens is 502 g/mol. The lowest BCUT2D eigenvalue weighted by molar-refractivity contribution is -0.148. The summed E-state index contributed by atoms with van der Waals surface area (Å²) in [7, 11) is 0. The highest BCUT2D eigenvalue weighted by Gasteiger charge is 2.42. The molecule has 0 radical (unpaired) electrons. The first-order valence-electron chi connectivity index (χ1n) is 14.0. The second-order valence-electron chi connectivity index (χ2n) is 11.9. The lowest BCUT2D eigenvalue weighted by Crippen LogP contribution is -2.59. The summed E-state index contributed by atoms with van der Waals surface area (Å²) in [6.07, 6.45) is 8.17. The third-order valence-electron chi connectivity index (χ3n) is 6.23. The second kappa shape index (κ2) is 14.6. The first-order chi connectivity index (χ1) is 18.8. The zero-order valence-electron chi connectivity index (χ0n) is 25.0. The maximum atomic E-state index is 14.5. The molecule has 0 aliphatic carbocycles. The molecule has 2 atom stereocenters. The van der Waals surface area contributed by atoms with E-state index in [9.17, 15) is 14.4 Å². The maximum Gasteiger partial charge on any atom is 0.408 e. The van der Waals surface area contributed by atoms with Crippen molar-refractivity contribution < 1.29 is 19.1 Å². The van der Waals surface area contributed by atoms with Crippen molar-refractivity contribution in [3.63, 3.8) is 0 Å². The number of terminal acetylenes is 1. The van der Waals surface area contributed by atoms with Gasteiger partial charge in [0.1, 0.15) is 17.7 Å². The van der Waals surface area contributed by atoms with Crippen molar-refractivity contribution in [3.05, 3.63) is 71.3 Å². The van der Waals surface area contributed by atoms with E-state index in [4.69, 9.17) is 11.2 Å². The highest BCUT2D eigenvalue weighted by atomic mass is 16.6. The molecule has 40 heavy (non-hydrogen) atoms. The highest BCUT2D eigenvalue weighted by Crippen LogP contribution is 2.32. The molecule has 0 saturated heterocycles. The first-order valence-corrected chi connectivity index (χ1v) is 14.0. The van der Waals surface area contributed by atoms with E-state index in [-0.39, 0.29) is 12.3 Å². The van der Waals surface area contributed by atoms with E-state index in [0.29, 0.717) is 17.7 Å². The molecule has 0 saturated carbocycles. The Morgan fingerprint density at radius 1 is 0.950 bits per heavy atom. The molecule has 0 aliphatic rings. The molecule has 7 nitrogen and oxygen atoms in total. The number of carbonyl (C=O) groups is 3. The van der Waals surface area contributed by atoms with E-state index in [1.807, 2.05) is 51.1 Å². The number of nitrogens with zero attached hydrogens (tertiary/aromatic N) is 1. The van der Waals surface area contributed by atoms with Crippen LogP contribution < -0.4 is 10.6 Å². The SMILES string of the molecule is C#Cc1ccccc1C(C(=O)NCCCCC)N(C(=O)C(Cc1ccccc1)NC(=O)OC(C)(C)C)C(C)(C)C. The van der Waals surface area contributed by atoms with E-state index in [2.05, 4.69) is 23.5 Å². The molecule has 0 aromatic heterocycles. The van der Waals surface area contributed by atoms with Crippen molar-refractivity contribution in [1.82, 2.24) is 15.5 Å². The van der Waals surface area contributed by atoms with Crippen molar-refractivity contribution in [2.75, 3.05) is 6.54 Å². The Labute approximate surface area is 240 Å². The van der Waals surface area contributed by atoms with Crippen LogP contribution in [-0.4, -0.2) is 46.5 Å². The molecule has 2 aromatic carbocycles. The molecule has 0 aliphatic heterocycles. The van der Waals surface area contributed by atoms with E-state index in [0.717, 1.165) is 24.8 Å². The fourth-order valence-corrected chi connectivity index (χ4v) is 4.46. The summed E-state index contributed by atoms with van der Waals surface area (Å²) in [6, 6.07) is 14.6. The fourth-order valence-electron chi connectivity index (χ4n) is 4.46. The van der Waals surface area contributed by atoms with Gasteiger partial charge < -0.3 is 20.3 Å². The lowest BCUT2D eigenvalue weighted by atomic mass is 9.92. The first kappa shape index (κ1) is 32.4. The van der Waals surface area contributed by atoms with Crippen molar-refractivity contribution in [2.45, 2.75) is 97.4 Å². The fraction of sp³-hybridized carbons (Fsp3) is 0.485. The number of benzene rings is 2. The molecule has 0 heterocycles. The minimum absolute atomic E-state index is 0.215. The summed E-state index contributed by atoms with van der Waals surface area (Å²) in [5, 5.41) is 5.81. The van der Waals surface area contributed by atoms with Gasteiger partial charge in [-0.3, -0.25) is 9.59 Å². The summed E-state index contributed by atoms with van der Waals surface area (Å²) >= 11 is 0. The van der Waals surface area contributed by atoms with Crippen LogP contribution in [0.2, 0.25) is 0 Å². The molecule has 216 valence electrons. The Kier molecular flexibility index (Phi) is 11.8. The number of nitrogens with one attached hydrogen (secondary N) is 2. The Hall–Kier alpha value is -3.79. The van der Waals surface area contributed by atoms with Crippen molar-refractivity contribution in [1.29, 1.82) is 0 Å². The summed E-state index contributed by atoms with van der Waals surface area (Å²) in [4.78, 5) is 42.8. The topological polar surface area (TPSA) is 87.7 Å². The Morgan fingerprint density at radius 3 is 2.15 bits per heavy atom. The standard InChI is InChI=1S/C33H45N3O4/c1-9-11-17-22-34-29(37)28(26-21-16-15-20-25(26)10-2)36(32(3,4)5)30(38)27(23-24-18-13-12-14-19-24)35-31(39)40-33(6,7)8/h2,12-16,18-21,27-28H,9,11,17,22-23H2,1,3-8H3,(H,34,37)(H,35,39). The predicted molar refractivity (Wildman–Crippen MR) is 160 cm³/mol. The third kappa shape index (κ3) is 9.75. The number of rotatable bonds is 11. The van der Waals surface area contributed by atoms with E-state index < -0.39 is 35.2 Å². The van der Waals surface area contributed by atoms with Gasteiger partial charge in [0.2, 0.25) is 11.8 Å². The zero-order valence-corrected chi connectivity index (χ0v) is 25.0. The van der Waals surface area contributed by atoms with Crippen LogP contribution in [0.5, 0.6) is 0 Å². The lowest BCUT2D eigenvalue weighted by Gasteiger charge is -2.43. The van der Waals surface area contributed by atoms with Crippen LogP contribution in [0.25, 0.3) is 0 Å².